The Balaban J connectivity index is 2.12. The summed E-state index contributed by atoms with van der Waals surface area (Å²) in [7, 11) is 1.68. The van der Waals surface area contributed by atoms with Crippen LogP contribution >= 0.6 is 15.9 Å². The zero-order valence-electron chi connectivity index (χ0n) is 12.3. The third-order valence-corrected chi connectivity index (χ3v) is 3.75. The summed E-state index contributed by atoms with van der Waals surface area (Å²) in [5.74, 6) is 1.60. The Morgan fingerprint density at radius 3 is 2.57 bits per heavy atom. The van der Waals surface area contributed by atoms with Gasteiger partial charge in [-0.3, -0.25) is 0 Å². The van der Waals surface area contributed by atoms with Crippen LogP contribution in [0.1, 0.15) is 18.1 Å². The van der Waals surface area contributed by atoms with Crippen molar-refractivity contribution in [2.75, 3.05) is 7.11 Å². The van der Waals surface area contributed by atoms with E-state index in [4.69, 9.17) is 15.2 Å². The topological polar surface area (TPSA) is 44.5 Å². The molecule has 2 N–H and O–H groups in total. The highest BCUT2D eigenvalue weighted by atomic mass is 79.9. The number of hydrogen-bond donors (Lipinski definition) is 1. The van der Waals surface area contributed by atoms with Gasteiger partial charge in [0.25, 0.3) is 0 Å². The lowest BCUT2D eigenvalue weighted by atomic mass is 10.1. The maximum absolute atomic E-state index is 5.89. The minimum atomic E-state index is 0.138. The van der Waals surface area contributed by atoms with E-state index in [0.717, 1.165) is 28.0 Å². The first-order valence-electron chi connectivity index (χ1n) is 6.88. The van der Waals surface area contributed by atoms with E-state index < -0.39 is 0 Å². The molecule has 0 bridgehead atoms. The Hall–Kier alpha value is -1.36. The minimum Gasteiger partial charge on any atom is -0.457 e. The van der Waals surface area contributed by atoms with Crippen molar-refractivity contribution in [3.8, 4) is 11.5 Å². The van der Waals surface area contributed by atoms with Gasteiger partial charge in [-0.2, -0.15) is 0 Å². The molecule has 0 aliphatic heterocycles. The summed E-state index contributed by atoms with van der Waals surface area (Å²) in [6.07, 6.45) is 0.837. The van der Waals surface area contributed by atoms with Crippen molar-refractivity contribution < 1.29 is 9.47 Å². The van der Waals surface area contributed by atoms with Crippen molar-refractivity contribution in [3.63, 3.8) is 0 Å². The van der Waals surface area contributed by atoms with E-state index in [0.29, 0.717) is 6.61 Å². The Morgan fingerprint density at radius 2 is 1.90 bits per heavy atom. The van der Waals surface area contributed by atoms with Gasteiger partial charge in [0.2, 0.25) is 0 Å². The zero-order chi connectivity index (χ0) is 15.2. The number of methoxy groups -OCH3 is 1. The molecular weight excluding hydrogens is 330 g/mol. The quantitative estimate of drug-likeness (QED) is 0.846. The van der Waals surface area contributed by atoms with Crippen LogP contribution in [0.15, 0.2) is 46.9 Å². The maximum Gasteiger partial charge on any atom is 0.128 e. The monoisotopic (exact) mass is 349 g/mol. The Bertz CT molecular complexity index is 599. The van der Waals surface area contributed by atoms with Crippen LogP contribution in [0.4, 0.5) is 0 Å². The molecular formula is C17H20BrNO2. The average Bonchev–Trinajstić information content (AvgIpc) is 2.42. The van der Waals surface area contributed by atoms with E-state index in [-0.39, 0.29) is 6.04 Å². The molecule has 0 radical (unpaired) electrons. The number of halogens is 1. The summed E-state index contributed by atoms with van der Waals surface area (Å²) in [4.78, 5) is 0. The molecule has 1 unspecified atom stereocenters. The second-order valence-corrected chi connectivity index (χ2v) is 5.97. The second-order valence-electron chi connectivity index (χ2n) is 5.12. The second kappa shape index (κ2) is 7.59. The van der Waals surface area contributed by atoms with Crippen LogP contribution in [-0.2, 0) is 17.8 Å². The molecule has 0 spiro atoms. The molecule has 0 fully saturated rings. The van der Waals surface area contributed by atoms with E-state index >= 15 is 0 Å². The molecule has 1 atom stereocenters. The average molecular weight is 350 g/mol. The predicted molar refractivity (Wildman–Crippen MR) is 88.7 cm³/mol. The molecule has 0 aliphatic carbocycles. The third-order valence-electron chi connectivity index (χ3n) is 3.01. The van der Waals surface area contributed by atoms with Crippen LogP contribution in [-0.4, -0.2) is 13.2 Å². The highest BCUT2D eigenvalue weighted by Gasteiger charge is 2.06. The Labute approximate surface area is 134 Å². The first-order chi connectivity index (χ1) is 10.1. The summed E-state index contributed by atoms with van der Waals surface area (Å²) in [6, 6.07) is 14.0. The van der Waals surface area contributed by atoms with Gasteiger partial charge in [0.1, 0.15) is 11.5 Å². The maximum atomic E-state index is 5.89. The molecule has 0 saturated carbocycles. The van der Waals surface area contributed by atoms with E-state index in [2.05, 4.69) is 15.9 Å². The molecule has 0 saturated heterocycles. The molecule has 4 heteroatoms. The van der Waals surface area contributed by atoms with Gasteiger partial charge in [0.15, 0.2) is 0 Å². The standard InChI is InChI=1S/C17H20BrNO2/c1-12(19)8-14-6-7-16(10-17(14)18)21-15-5-3-4-13(9-15)11-20-2/h3-7,9-10,12H,8,11,19H2,1-2H3. The number of ether oxygens (including phenoxy) is 2. The van der Waals surface area contributed by atoms with E-state index in [1.807, 2.05) is 49.4 Å². The van der Waals surface area contributed by atoms with Crippen LogP contribution in [0.5, 0.6) is 11.5 Å². The largest absolute Gasteiger partial charge is 0.457 e. The molecule has 3 nitrogen and oxygen atoms in total. The van der Waals surface area contributed by atoms with Crippen LogP contribution in [0.3, 0.4) is 0 Å². The first-order valence-corrected chi connectivity index (χ1v) is 7.67. The lowest BCUT2D eigenvalue weighted by molar-refractivity contribution is 0.184. The Morgan fingerprint density at radius 1 is 1.14 bits per heavy atom. The molecule has 0 amide bonds. The smallest absolute Gasteiger partial charge is 0.128 e. The molecule has 112 valence electrons. The van der Waals surface area contributed by atoms with Crippen molar-refractivity contribution in [1.82, 2.24) is 0 Å². The summed E-state index contributed by atoms with van der Waals surface area (Å²) in [5.41, 5.74) is 8.11. The Kier molecular flexibility index (Phi) is 5.79. The van der Waals surface area contributed by atoms with Crippen LogP contribution in [0.2, 0.25) is 0 Å². The van der Waals surface area contributed by atoms with Gasteiger partial charge in [-0.05, 0) is 48.7 Å². The molecule has 0 heterocycles. The molecule has 21 heavy (non-hydrogen) atoms. The number of benzene rings is 2. The van der Waals surface area contributed by atoms with Gasteiger partial charge in [0, 0.05) is 17.6 Å². The van der Waals surface area contributed by atoms with Gasteiger partial charge >= 0.3 is 0 Å². The molecule has 2 aromatic carbocycles. The van der Waals surface area contributed by atoms with Gasteiger partial charge in [-0.1, -0.05) is 34.1 Å². The van der Waals surface area contributed by atoms with Crippen molar-refractivity contribution in [1.29, 1.82) is 0 Å². The van der Waals surface area contributed by atoms with Crippen molar-refractivity contribution >= 4 is 15.9 Å². The predicted octanol–water partition coefficient (Wildman–Crippen LogP) is 4.28. The van der Waals surface area contributed by atoms with Gasteiger partial charge in [-0.15, -0.1) is 0 Å². The zero-order valence-corrected chi connectivity index (χ0v) is 13.9. The summed E-state index contributed by atoms with van der Waals surface area (Å²) in [5, 5.41) is 0. The fraction of sp³-hybridized carbons (Fsp3) is 0.294. The van der Waals surface area contributed by atoms with Crippen LogP contribution in [0.25, 0.3) is 0 Å². The fourth-order valence-electron chi connectivity index (χ4n) is 2.11. The minimum absolute atomic E-state index is 0.138. The lowest BCUT2D eigenvalue weighted by Gasteiger charge is -2.11. The van der Waals surface area contributed by atoms with Crippen molar-refractivity contribution in [2.24, 2.45) is 5.73 Å². The summed E-state index contributed by atoms with van der Waals surface area (Å²) < 4.78 is 12.0. The van der Waals surface area contributed by atoms with E-state index in [1.54, 1.807) is 7.11 Å². The third kappa shape index (κ3) is 4.84. The van der Waals surface area contributed by atoms with Crippen molar-refractivity contribution in [2.45, 2.75) is 26.0 Å². The summed E-state index contributed by atoms with van der Waals surface area (Å²) in [6.45, 7) is 2.58. The van der Waals surface area contributed by atoms with E-state index in [1.165, 1.54) is 5.56 Å². The first kappa shape index (κ1) is 16.0. The SMILES string of the molecule is COCc1cccc(Oc2ccc(CC(C)N)c(Br)c2)c1. The molecule has 0 aliphatic rings. The van der Waals surface area contributed by atoms with Crippen LogP contribution < -0.4 is 10.5 Å². The highest BCUT2D eigenvalue weighted by molar-refractivity contribution is 9.10. The lowest BCUT2D eigenvalue weighted by Crippen LogP contribution is -2.17. The fourth-order valence-corrected chi connectivity index (χ4v) is 2.63. The normalized spacial score (nSPS) is 12.2. The van der Waals surface area contributed by atoms with E-state index in [9.17, 15) is 0 Å². The van der Waals surface area contributed by atoms with Crippen LogP contribution in [0, 0.1) is 0 Å². The number of hydrogen-bond acceptors (Lipinski definition) is 3. The molecule has 2 aromatic rings. The molecule has 2 rings (SSSR count). The van der Waals surface area contributed by atoms with Gasteiger partial charge < -0.3 is 15.2 Å². The molecule has 0 aromatic heterocycles. The summed E-state index contributed by atoms with van der Waals surface area (Å²) >= 11 is 3.57. The van der Waals surface area contributed by atoms with Gasteiger partial charge in [-0.25, -0.2) is 0 Å². The number of nitrogens with two attached hydrogens (primary N) is 1. The number of rotatable bonds is 6. The van der Waals surface area contributed by atoms with Gasteiger partial charge in [0.05, 0.1) is 6.61 Å². The highest BCUT2D eigenvalue weighted by Crippen LogP contribution is 2.28. The van der Waals surface area contributed by atoms with Crippen molar-refractivity contribution in [3.05, 3.63) is 58.1 Å².